The van der Waals surface area contributed by atoms with E-state index in [1.807, 2.05) is 6.07 Å². The molecule has 1 atom stereocenters. The van der Waals surface area contributed by atoms with Gasteiger partial charge in [-0.25, -0.2) is 8.78 Å². The number of nitrogens with zero attached hydrogens (tertiary/aromatic N) is 1. The van der Waals surface area contributed by atoms with Crippen molar-refractivity contribution in [2.75, 3.05) is 0 Å². The number of alkyl halides is 1. The van der Waals surface area contributed by atoms with Gasteiger partial charge in [0.1, 0.15) is 12.0 Å². The Morgan fingerprint density at radius 1 is 1.20 bits per heavy atom. The predicted octanol–water partition coefficient (Wildman–Crippen LogP) is 5.14. The Hall–Kier alpha value is -2.57. The Labute approximate surface area is 177 Å². The fourth-order valence-corrected chi connectivity index (χ4v) is 4.37. The molecule has 2 aromatic carbocycles. The number of rotatable bonds is 4. The number of hydrogen-bond acceptors (Lipinski definition) is 3. The van der Waals surface area contributed by atoms with Crippen LogP contribution in [0.5, 0.6) is 0 Å². The minimum Gasteiger partial charge on any atom is -0.387 e. The maximum Gasteiger partial charge on any atom is 0.252 e. The summed E-state index contributed by atoms with van der Waals surface area (Å²) in [5.74, 6) is -1.10. The Bertz CT molecular complexity index is 1080. The molecule has 3 aromatic rings. The van der Waals surface area contributed by atoms with E-state index in [9.17, 15) is 18.7 Å². The molecule has 1 amide bonds. The highest BCUT2D eigenvalue weighted by Gasteiger charge is 2.43. The van der Waals surface area contributed by atoms with Crippen LogP contribution in [0.3, 0.4) is 0 Å². The lowest BCUT2D eigenvalue weighted by atomic mass is 9.76. The Balaban J connectivity index is 1.74. The van der Waals surface area contributed by atoms with E-state index in [1.54, 1.807) is 36.7 Å². The molecule has 1 saturated carbocycles. The molecule has 156 valence electrons. The summed E-state index contributed by atoms with van der Waals surface area (Å²) < 4.78 is 27.9. The summed E-state index contributed by atoms with van der Waals surface area (Å²) in [7, 11) is 0. The zero-order valence-corrected chi connectivity index (χ0v) is 16.9. The lowest BCUT2D eigenvalue weighted by Gasteiger charge is -2.41. The summed E-state index contributed by atoms with van der Waals surface area (Å²) in [5, 5.41) is 15.5. The monoisotopic (exact) mass is 430 g/mol. The highest BCUT2D eigenvalue weighted by Crippen LogP contribution is 2.42. The second-order valence-electron chi connectivity index (χ2n) is 7.73. The minimum absolute atomic E-state index is 0.128. The second-order valence-corrected chi connectivity index (χ2v) is 8.11. The third-order valence-electron chi connectivity index (χ3n) is 5.81. The first-order valence-corrected chi connectivity index (χ1v) is 10.2. The van der Waals surface area contributed by atoms with Gasteiger partial charge in [0.05, 0.1) is 16.7 Å². The third-order valence-corrected chi connectivity index (χ3v) is 6.21. The van der Waals surface area contributed by atoms with Crippen LogP contribution < -0.4 is 5.32 Å². The van der Waals surface area contributed by atoms with Crippen LogP contribution in [0.1, 0.15) is 47.6 Å². The van der Waals surface area contributed by atoms with Gasteiger partial charge in [0.15, 0.2) is 0 Å². The van der Waals surface area contributed by atoms with Crippen LogP contribution in [0, 0.1) is 5.82 Å². The molecule has 4 nitrogen and oxygen atoms in total. The smallest absolute Gasteiger partial charge is 0.252 e. The minimum atomic E-state index is -1.45. The van der Waals surface area contributed by atoms with Crippen molar-refractivity contribution >= 4 is 28.3 Å². The average molecular weight is 431 g/mol. The summed E-state index contributed by atoms with van der Waals surface area (Å²) >= 11 is 6.20. The number of amides is 1. The van der Waals surface area contributed by atoms with Gasteiger partial charge in [-0.3, -0.25) is 9.78 Å². The number of fused-ring (bicyclic) bond motifs is 1. The van der Waals surface area contributed by atoms with E-state index in [4.69, 9.17) is 11.6 Å². The fraction of sp³-hybridized carbons (Fsp3) is 0.304. The topological polar surface area (TPSA) is 62.2 Å². The first kappa shape index (κ1) is 20.7. The van der Waals surface area contributed by atoms with Crippen LogP contribution in [0.2, 0.25) is 5.02 Å². The number of halogens is 3. The molecule has 7 heteroatoms. The zero-order chi connectivity index (χ0) is 21.3. The number of carbonyl (C=O) groups excluding carboxylic acids is 1. The Morgan fingerprint density at radius 2 is 1.93 bits per heavy atom. The highest BCUT2D eigenvalue weighted by molar-refractivity contribution is 6.31. The number of aliphatic hydroxyl groups is 1. The van der Waals surface area contributed by atoms with Crippen LogP contribution in [0.15, 0.2) is 54.9 Å². The summed E-state index contributed by atoms with van der Waals surface area (Å²) in [6, 6.07) is 10.3. The SMILES string of the molecule is O=C(NC(c1cccc(F)c1Cl)[C@]1(O)CC[C@H](F)CC1)c1cccc2ccncc12. The molecule has 1 heterocycles. The van der Waals surface area contributed by atoms with E-state index in [0.717, 1.165) is 5.39 Å². The van der Waals surface area contributed by atoms with Gasteiger partial charge in [0.25, 0.3) is 5.91 Å². The van der Waals surface area contributed by atoms with Crippen LogP contribution in [-0.2, 0) is 0 Å². The van der Waals surface area contributed by atoms with Crippen LogP contribution in [0.4, 0.5) is 8.78 Å². The van der Waals surface area contributed by atoms with E-state index in [1.165, 1.54) is 12.1 Å². The molecular weight excluding hydrogens is 410 g/mol. The normalized spacial score (nSPS) is 22.6. The molecule has 0 radical (unpaired) electrons. The van der Waals surface area contributed by atoms with Crippen molar-refractivity contribution in [3.8, 4) is 0 Å². The van der Waals surface area contributed by atoms with Crippen molar-refractivity contribution in [1.29, 1.82) is 0 Å². The predicted molar refractivity (Wildman–Crippen MR) is 112 cm³/mol. The van der Waals surface area contributed by atoms with Crippen LogP contribution in [0.25, 0.3) is 10.8 Å². The van der Waals surface area contributed by atoms with Gasteiger partial charge in [-0.15, -0.1) is 0 Å². The first-order chi connectivity index (χ1) is 14.4. The standard InChI is InChI=1S/C23H21ClF2N2O2/c24-20-17(5-2-6-19(20)26)21(23(30)10-7-15(25)8-11-23)28-22(29)16-4-1-3-14-9-12-27-13-18(14)16/h1-6,9,12-13,15,21,30H,7-8,10-11H2,(H,28,29)/t15-,21?,23-. The molecule has 1 fully saturated rings. The maximum atomic E-state index is 14.2. The lowest BCUT2D eigenvalue weighted by molar-refractivity contribution is -0.0445. The molecule has 0 spiro atoms. The second kappa shape index (κ2) is 8.28. The molecule has 1 aliphatic carbocycles. The van der Waals surface area contributed by atoms with Crippen molar-refractivity contribution < 1.29 is 18.7 Å². The zero-order valence-electron chi connectivity index (χ0n) is 16.1. The van der Waals surface area contributed by atoms with Gasteiger partial charge >= 0.3 is 0 Å². The van der Waals surface area contributed by atoms with Crippen molar-refractivity contribution in [2.24, 2.45) is 0 Å². The molecule has 1 unspecified atom stereocenters. The van der Waals surface area contributed by atoms with Crippen molar-refractivity contribution in [3.63, 3.8) is 0 Å². The van der Waals surface area contributed by atoms with Gasteiger partial charge in [-0.1, -0.05) is 35.9 Å². The third kappa shape index (κ3) is 3.89. The fourth-order valence-electron chi connectivity index (χ4n) is 4.14. The molecule has 1 aliphatic rings. The van der Waals surface area contributed by atoms with E-state index < -0.39 is 29.5 Å². The molecule has 0 saturated heterocycles. The van der Waals surface area contributed by atoms with Gasteiger partial charge < -0.3 is 10.4 Å². The van der Waals surface area contributed by atoms with Gasteiger partial charge in [-0.2, -0.15) is 0 Å². The molecule has 1 aromatic heterocycles. The molecule has 0 bridgehead atoms. The van der Waals surface area contributed by atoms with E-state index in [-0.39, 0.29) is 36.3 Å². The molecule has 30 heavy (non-hydrogen) atoms. The van der Waals surface area contributed by atoms with E-state index in [2.05, 4.69) is 10.3 Å². The van der Waals surface area contributed by atoms with Crippen molar-refractivity contribution in [3.05, 3.63) is 76.8 Å². The average Bonchev–Trinajstić information content (AvgIpc) is 2.76. The highest BCUT2D eigenvalue weighted by atomic mass is 35.5. The Kier molecular flexibility index (Phi) is 5.71. The quantitative estimate of drug-likeness (QED) is 0.602. The summed E-state index contributed by atoms with van der Waals surface area (Å²) in [6.07, 6.45) is 2.80. The number of pyridine rings is 1. The number of benzene rings is 2. The molecule has 2 N–H and O–H groups in total. The maximum absolute atomic E-state index is 14.2. The van der Waals surface area contributed by atoms with E-state index >= 15 is 0 Å². The first-order valence-electron chi connectivity index (χ1n) is 9.83. The molecular formula is C23H21ClF2N2O2. The largest absolute Gasteiger partial charge is 0.387 e. The van der Waals surface area contributed by atoms with E-state index in [0.29, 0.717) is 10.9 Å². The lowest BCUT2D eigenvalue weighted by Crippen LogP contribution is -2.48. The van der Waals surface area contributed by atoms with Gasteiger partial charge in [0, 0.05) is 23.3 Å². The number of carbonyl (C=O) groups is 1. The molecule has 0 aliphatic heterocycles. The van der Waals surface area contributed by atoms with Gasteiger partial charge in [-0.05, 0) is 54.8 Å². The number of nitrogens with one attached hydrogen (secondary N) is 1. The summed E-state index contributed by atoms with van der Waals surface area (Å²) in [5.41, 5.74) is -0.803. The van der Waals surface area contributed by atoms with Crippen LogP contribution in [-0.4, -0.2) is 27.8 Å². The van der Waals surface area contributed by atoms with Crippen molar-refractivity contribution in [2.45, 2.75) is 43.5 Å². The number of hydrogen-bond donors (Lipinski definition) is 2. The van der Waals surface area contributed by atoms with Gasteiger partial charge in [0.2, 0.25) is 0 Å². The number of aromatic nitrogens is 1. The Morgan fingerprint density at radius 3 is 2.70 bits per heavy atom. The molecule has 4 rings (SSSR count). The van der Waals surface area contributed by atoms with Crippen molar-refractivity contribution in [1.82, 2.24) is 10.3 Å². The summed E-state index contributed by atoms with van der Waals surface area (Å²) in [4.78, 5) is 17.3. The summed E-state index contributed by atoms with van der Waals surface area (Å²) in [6.45, 7) is 0. The van der Waals surface area contributed by atoms with Crippen LogP contribution >= 0.6 is 11.6 Å².